The minimum Gasteiger partial charge on any atom is -0.309 e. The zero-order valence-corrected chi connectivity index (χ0v) is 30.4. The van der Waals surface area contributed by atoms with Crippen LogP contribution in [-0.2, 0) is 0 Å². The predicted molar refractivity (Wildman–Crippen MR) is 233 cm³/mol. The van der Waals surface area contributed by atoms with Crippen molar-refractivity contribution in [1.82, 2.24) is 0 Å². The molecule has 0 saturated heterocycles. The highest BCUT2D eigenvalue weighted by Gasteiger charge is 2.20. The molecule has 0 spiro atoms. The molecule has 0 N–H and O–H groups in total. The monoisotopic (exact) mass is 705 g/mol. The van der Waals surface area contributed by atoms with E-state index in [0.29, 0.717) is 0 Å². The summed E-state index contributed by atoms with van der Waals surface area (Å²) in [7, 11) is 0. The van der Waals surface area contributed by atoms with Crippen molar-refractivity contribution >= 4 is 59.3 Å². The Hall–Kier alpha value is -6.74. The lowest BCUT2D eigenvalue weighted by Crippen LogP contribution is -2.10. The lowest BCUT2D eigenvalue weighted by atomic mass is 9.92. The third-order valence-corrected chi connectivity index (χ3v) is 11.7. The molecule has 0 fully saturated rings. The van der Waals surface area contributed by atoms with Crippen molar-refractivity contribution in [3.8, 4) is 44.5 Å². The Morgan fingerprint density at radius 2 is 0.889 bits per heavy atom. The van der Waals surface area contributed by atoms with Gasteiger partial charge in [-0.25, -0.2) is 0 Å². The average Bonchev–Trinajstić information content (AvgIpc) is 3.64. The molecule has 1 nitrogen and oxygen atoms in total. The maximum atomic E-state index is 2.45. The average molecular weight is 706 g/mol. The number of hydrogen-bond acceptors (Lipinski definition) is 2. The van der Waals surface area contributed by atoms with Crippen LogP contribution in [0, 0.1) is 0 Å². The van der Waals surface area contributed by atoms with Gasteiger partial charge in [0.05, 0.1) is 10.4 Å². The maximum absolute atomic E-state index is 2.45. The van der Waals surface area contributed by atoms with Gasteiger partial charge in [0.25, 0.3) is 0 Å². The molecule has 0 bridgehead atoms. The summed E-state index contributed by atoms with van der Waals surface area (Å²) in [6.07, 6.45) is 0. The summed E-state index contributed by atoms with van der Waals surface area (Å²) in [5.41, 5.74) is 13.1. The van der Waals surface area contributed by atoms with E-state index in [1.807, 2.05) is 11.3 Å². The Morgan fingerprint density at radius 1 is 0.315 bits per heavy atom. The van der Waals surface area contributed by atoms with Gasteiger partial charge in [-0.05, 0) is 104 Å². The fourth-order valence-corrected chi connectivity index (χ4v) is 9.08. The first-order valence-electron chi connectivity index (χ1n) is 18.4. The topological polar surface area (TPSA) is 3.24 Å². The highest BCUT2D eigenvalue weighted by atomic mass is 32.1. The summed E-state index contributed by atoms with van der Waals surface area (Å²) in [6.45, 7) is 0. The predicted octanol–water partition coefficient (Wildman–Crippen LogP) is 15.3. The summed E-state index contributed by atoms with van der Waals surface area (Å²) in [6, 6.07) is 77.1. The van der Waals surface area contributed by atoms with Crippen molar-refractivity contribution in [3.63, 3.8) is 0 Å². The van der Waals surface area contributed by atoms with E-state index in [1.54, 1.807) is 0 Å². The minimum atomic E-state index is 1.11. The van der Waals surface area contributed by atoms with Crippen LogP contribution in [0.1, 0.15) is 0 Å². The van der Waals surface area contributed by atoms with Gasteiger partial charge in [0, 0.05) is 26.8 Å². The molecule has 1 heterocycles. The van der Waals surface area contributed by atoms with Crippen LogP contribution in [-0.4, -0.2) is 0 Å². The quantitative estimate of drug-likeness (QED) is 0.160. The van der Waals surface area contributed by atoms with Gasteiger partial charge in [-0.2, -0.15) is 0 Å². The van der Waals surface area contributed by atoms with Crippen molar-refractivity contribution in [2.45, 2.75) is 0 Å². The number of nitrogens with zero attached hydrogens (tertiary/aromatic N) is 1. The number of fused-ring (bicyclic) bond motifs is 4. The molecule has 2 heteroatoms. The zero-order valence-electron chi connectivity index (χ0n) is 29.6. The van der Waals surface area contributed by atoms with Crippen LogP contribution < -0.4 is 4.90 Å². The molecule has 0 aliphatic rings. The molecular weight excluding hydrogens is 671 g/mol. The lowest BCUT2D eigenvalue weighted by Gasteiger charge is -2.27. The third kappa shape index (κ3) is 5.74. The van der Waals surface area contributed by atoms with E-state index in [1.165, 1.54) is 81.1 Å². The van der Waals surface area contributed by atoms with Gasteiger partial charge in [0.1, 0.15) is 0 Å². The van der Waals surface area contributed by atoms with Crippen molar-refractivity contribution in [3.05, 3.63) is 212 Å². The van der Waals surface area contributed by atoms with E-state index >= 15 is 0 Å². The van der Waals surface area contributed by atoms with Crippen LogP contribution in [0.4, 0.5) is 17.1 Å². The van der Waals surface area contributed by atoms with Crippen LogP contribution >= 0.6 is 11.3 Å². The van der Waals surface area contributed by atoms with E-state index in [0.717, 1.165) is 11.4 Å². The summed E-state index contributed by atoms with van der Waals surface area (Å²) >= 11 is 1.87. The van der Waals surface area contributed by atoms with Crippen LogP contribution in [0.2, 0.25) is 0 Å². The Kier molecular flexibility index (Phi) is 8.09. The molecule has 9 aromatic carbocycles. The van der Waals surface area contributed by atoms with Gasteiger partial charge >= 0.3 is 0 Å². The molecule has 0 aliphatic carbocycles. The second kappa shape index (κ2) is 13.7. The molecule has 10 aromatic rings. The van der Waals surface area contributed by atoms with Gasteiger partial charge in [-0.1, -0.05) is 164 Å². The fourth-order valence-electron chi connectivity index (χ4n) is 7.87. The van der Waals surface area contributed by atoms with Gasteiger partial charge in [0.2, 0.25) is 0 Å². The first kappa shape index (κ1) is 32.0. The van der Waals surface area contributed by atoms with Crippen LogP contribution in [0.15, 0.2) is 212 Å². The SMILES string of the molecule is c1ccc(-c2cc(-c3ccc(N(c4ccc(-c5ccccc5)c(-c5ccccc5)c4)c4cccc5c4sc4ccccc45)cc3)c3ccccc3c2)cc1. The van der Waals surface area contributed by atoms with Gasteiger partial charge in [-0.3, -0.25) is 0 Å². The second-order valence-corrected chi connectivity index (χ2v) is 14.8. The normalized spacial score (nSPS) is 11.3. The molecule has 1 aromatic heterocycles. The first-order chi connectivity index (χ1) is 26.8. The third-order valence-electron chi connectivity index (χ3n) is 10.5. The van der Waals surface area contributed by atoms with Gasteiger partial charge in [-0.15, -0.1) is 11.3 Å². The van der Waals surface area contributed by atoms with Crippen LogP contribution in [0.5, 0.6) is 0 Å². The summed E-state index contributed by atoms with van der Waals surface area (Å²) in [4.78, 5) is 2.45. The van der Waals surface area contributed by atoms with E-state index in [2.05, 4.69) is 217 Å². The van der Waals surface area contributed by atoms with Crippen molar-refractivity contribution in [2.24, 2.45) is 0 Å². The van der Waals surface area contributed by atoms with Crippen LogP contribution in [0.3, 0.4) is 0 Å². The number of benzene rings is 9. The Morgan fingerprint density at radius 3 is 1.63 bits per heavy atom. The first-order valence-corrected chi connectivity index (χ1v) is 19.2. The highest BCUT2D eigenvalue weighted by Crippen LogP contribution is 2.47. The fraction of sp³-hybridized carbons (Fsp3) is 0. The van der Waals surface area contributed by atoms with E-state index < -0.39 is 0 Å². The van der Waals surface area contributed by atoms with Crippen molar-refractivity contribution < 1.29 is 0 Å². The largest absolute Gasteiger partial charge is 0.309 e. The number of rotatable bonds is 7. The van der Waals surface area contributed by atoms with Gasteiger partial charge in [0.15, 0.2) is 0 Å². The van der Waals surface area contributed by atoms with Crippen LogP contribution in [0.25, 0.3) is 75.5 Å². The number of anilines is 3. The summed E-state index contributed by atoms with van der Waals surface area (Å²) < 4.78 is 2.57. The summed E-state index contributed by atoms with van der Waals surface area (Å²) in [5, 5.41) is 5.07. The Balaban J connectivity index is 1.17. The maximum Gasteiger partial charge on any atom is 0.0640 e. The molecule has 0 radical (unpaired) electrons. The number of thiophene rings is 1. The minimum absolute atomic E-state index is 1.11. The van der Waals surface area contributed by atoms with E-state index in [4.69, 9.17) is 0 Å². The zero-order chi connectivity index (χ0) is 35.8. The lowest BCUT2D eigenvalue weighted by molar-refractivity contribution is 1.30. The molecule has 0 amide bonds. The molecule has 254 valence electrons. The molecule has 0 aliphatic heterocycles. The molecule has 54 heavy (non-hydrogen) atoms. The van der Waals surface area contributed by atoms with E-state index in [-0.39, 0.29) is 0 Å². The van der Waals surface area contributed by atoms with E-state index in [9.17, 15) is 0 Å². The molecule has 0 saturated carbocycles. The second-order valence-electron chi connectivity index (χ2n) is 13.7. The Labute approximate surface area is 319 Å². The summed E-state index contributed by atoms with van der Waals surface area (Å²) in [5.74, 6) is 0. The molecular formula is C52H35NS. The molecule has 10 rings (SSSR count). The smallest absolute Gasteiger partial charge is 0.0640 e. The van der Waals surface area contributed by atoms with Crippen molar-refractivity contribution in [1.29, 1.82) is 0 Å². The molecule has 0 atom stereocenters. The van der Waals surface area contributed by atoms with Crippen molar-refractivity contribution in [2.75, 3.05) is 4.90 Å². The number of hydrogen-bond donors (Lipinski definition) is 0. The molecule has 0 unspecified atom stereocenters. The highest BCUT2D eigenvalue weighted by molar-refractivity contribution is 7.26. The van der Waals surface area contributed by atoms with Gasteiger partial charge < -0.3 is 4.90 Å². The Bertz CT molecular complexity index is 2910. The standard InChI is InChI=1S/C52H35NS/c1-4-15-36(16-5-1)41-33-40-21-10-11-22-44(40)48(34-41)39-27-29-42(30-28-39)53(50-25-14-24-47-46-23-12-13-26-51(46)54-52(47)50)43-31-32-45(37-17-6-2-7-18-37)49(35-43)38-19-8-3-9-20-38/h1-35H.